The average molecular weight is 277 g/mol. The fraction of sp³-hybridized carbons (Fsp3) is 0.533. The van der Waals surface area contributed by atoms with E-state index in [1.54, 1.807) is 11.1 Å². The molecule has 110 valence electrons. The molecule has 20 heavy (non-hydrogen) atoms. The van der Waals surface area contributed by atoms with Gasteiger partial charge in [0.1, 0.15) is 0 Å². The van der Waals surface area contributed by atoms with E-state index in [4.69, 9.17) is 0 Å². The summed E-state index contributed by atoms with van der Waals surface area (Å²) in [4.78, 5) is 29.4. The van der Waals surface area contributed by atoms with Crippen molar-refractivity contribution in [3.63, 3.8) is 0 Å². The Balaban J connectivity index is 2.35. The molecule has 0 fully saturated rings. The fourth-order valence-corrected chi connectivity index (χ4v) is 1.82. The molecule has 0 unspecified atom stereocenters. The van der Waals surface area contributed by atoms with Crippen molar-refractivity contribution in [1.29, 1.82) is 0 Å². The third-order valence-electron chi connectivity index (χ3n) is 3.04. The largest absolute Gasteiger partial charge is 0.347 e. The third-order valence-corrected chi connectivity index (χ3v) is 3.04. The van der Waals surface area contributed by atoms with E-state index in [9.17, 15) is 9.59 Å². The Morgan fingerprint density at radius 2 is 2.10 bits per heavy atom. The third kappa shape index (κ3) is 5.38. The lowest BCUT2D eigenvalue weighted by Crippen LogP contribution is -2.43. The first-order valence-electron chi connectivity index (χ1n) is 7.16. The summed E-state index contributed by atoms with van der Waals surface area (Å²) in [5, 5.41) is 2.65. The summed E-state index contributed by atoms with van der Waals surface area (Å²) in [7, 11) is 0. The van der Waals surface area contributed by atoms with Gasteiger partial charge in [-0.05, 0) is 25.5 Å². The number of aromatic nitrogens is 1. The van der Waals surface area contributed by atoms with Crippen LogP contribution in [0.15, 0.2) is 24.4 Å². The van der Waals surface area contributed by atoms with Crippen LogP contribution >= 0.6 is 0 Å². The monoisotopic (exact) mass is 277 g/mol. The topological polar surface area (TPSA) is 62.3 Å². The highest BCUT2D eigenvalue weighted by Crippen LogP contribution is 1.97. The van der Waals surface area contributed by atoms with E-state index in [0.717, 1.165) is 18.5 Å². The van der Waals surface area contributed by atoms with Crippen molar-refractivity contribution in [1.82, 2.24) is 15.2 Å². The molecule has 1 rings (SSSR count). The highest BCUT2D eigenvalue weighted by molar-refractivity contribution is 6.34. The Labute approximate surface area is 120 Å². The first-order chi connectivity index (χ1) is 9.69. The number of hydrogen-bond acceptors (Lipinski definition) is 3. The van der Waals surface area contributed by atoms with Gasteiger partial charge in [0.05, 0.1) is 0 Å². The predicted molar refractivity (Wildman–Crippen MR) is 78.1 cm³/mol. The fourth-order valence-electron chi connectivity index (χ4n) is 1.82. The zero-order valence-electron chi connectivity index (χ0n) is 12.3. The van der Waals surface area contributed by atoms with Crippen molar-refractivity contribution in [2.24, 2.45) is 0 Å². The number of rotatable bonds is 7. The predicted octanol–water partition coefficient (Wildman–Crippen LogP) is 1.39. The smallest absolute Gasteiger partial charge is 0.311 e. The van der Waals surface area contributed by atoms with Gasteiger partial charge >= 0.3 is 11.8 Å². The van der Waals surface area contributed by atoms with E-state index >= 15 is 0 Å². The van der Waals surface area contributed by atoms with E-state index in [1.807, 2.05) is 25.1 Å². The number of carbonyl (C=O) groups is 2. The maximum Gasteiger partial charge on any atom is 0.311 e. The van der Waals surface area contributed by atoms with E-state index in [2.05, 4.69) is 17.2 Å². The molecular formula is C15H23N3O2. The number of nitrogens with one attached hydrogen (secondary N) is 1. The highest BCUT2D eigenvalue weighted by atomic mass is 16.2. The van der Waals surface area contributed by atoms with Crippen LogP contribution in [0.2, 0.25) is 0 Å². The summed E-state index contributed by atoms with van der Waals surface area (Å²) in [5.74, 6) is -0.971. The number of nitrogens with zero attached hydrogens (tertiary/aromatic N) is 2. The van der Waals surface area contributed by atoms with Crippen LogP contribution in [-0.2, 0) is 16.0 Å². The average Bonchev–Trinajstić information content (AvgIpc) is 2.48. The molecular weight excluding hydrogens is 254 g/mol. The molecule has 5 nitrogen and oxygen atoms in total. The van der Waals surface area contributed by atoms with Gasteiger partial charge in [-0.3, -0.25) is 14.6 Å². The van der Waals surface area contributed by atoms with Gasteiger partial charge in [-0.25, -0.2) is 0 Å². The minimum atomic E-state index is -0.529. The minimum Gasteiger partial charge on any atom is -0.347 e. The van der Waals surface area contributed by atoms with E-state index in [1.165, 1.54) is 0 Å². The maximum atomic E-state index is 11.9. The molecule has 0 spiro atoms. The van der Waals surface area contributed by atoms with Crippen molar-refractivity contribution < 1.29 is 9.59 Å². The van der Waals surface area contributed by atoms with Gasteiger partial charge in [-0.15, -0.1) is 0 Å². The molecule has 0 aliphatic heterocycles. The Morgan fingerprint density at radius 1 is 1.30 bits per heavy atom. The van der Waals surface area contributed by atoms with Crippen LogP contribution in [0.5, 0.6) is 0 Å². The second-order valence-corrected chi connectivity index (χ2v) is 4.57. The second-order valence-electron chi connectivity index (χ2n) is 4.57. The van der Waals surface area contributed by atoms with Gasteiger partial charge in [0.25, 0.3) is 0 Å². The lowest BCUT2D eigenvalue weighted by Gasteiger charge is -2.19. The SMILES string of the molecule is CCCCN(CC)C(=O)C(=O)NCCc1ccccn1. The molecule has 0 aromatic carbocycles. The quantitative estimate of drug-likeness (QED) is 0.766. The Hall–Kier alpha value is -1.91. The van der Waals surface area contributed by atoms with Crippen LogP contribution in [0.1, 0.15) is 32.4 Å². The summed E-state index contributed by atoms with van der Waals surface area (Å²) in [6.45, 7) is 5.57. The molecule has 0 saturated heterocycles. The molecule has 5 heteroatoms. The Bertz CT molecular complexity index is 420. The lowest BCUT2D eigenvalue weighted by atomic mass is 10.2. The molecule has 0 aliphatic rings. The molecule has 0 bridgehead atoms. The molecule has 1 aromatic rings. The van der Waals surface area contributed by atoms with Crippen LogP contribution in [0.3, 0.4) is 0 Å². The zero-order chi connectivity index (χ0) is 14.8. The van der Waals surface area contributed by atoms with E-state index in [-0.39, 0.29) is 0 Å². The van der Waals surface area contributed by atoms with Crippen LogP contribution < -0.4 is 5.32 Å². The second kappa shape index (κ2) is 9.07. The Morgan fingerprint density at radius 3 is 2.70 bits per heavy atom. The number of likely N-dealkylation sites (N-methyl/N-ethyl adjacent to an activating group) is 1. The number of unbranched alkanes of at least 4 members (excludes halogenated alkanes) is 1. The standard InChI is InChI=1S/C15H23N3O2/c1-3-5-12-18(4-2)15(20)14(19)17-11-9-13-8-6-7-10-16-13/h6-8,10H,3-5,9,11-12H2,1-2H3,(H,17,19). The van der Waals surface area contributed by atoms with Crippen molar-refractivity contribution in [3.8, 4) is 0 Å². The van der Waals surface area contributed by atoms with Gasteiger partial charge in [-0.2, -0.15) is 0 Å². The summed E-state index contributed by atoms with van der Waals surface area (Å²) in [6, 6.07) is 5.64. The van der Waals surface area contributed by atoms with Gasteiger partial charge in [0.15, 0.2) is 0 Å². The number of hydrogen-bond donors (Lipinski definition) is 1. The van der Waals surface area contributed by atoms with Crippen molar-refractivity contribution in [3.05, 3.63) is 30.1 Å². The molecule has 0 atom stereocenters. The molecule has 2 amide bonds. The van der Waals surface area contributed by atoms with Gasteiger partial charge in [-0.1, -0.05) is 19.4 Å². The molecule has 1 N–H and O–H groups in total. The van der Waals surface area contributed by atoms with E-state index in [0.29, 0.717) is 26.1 Å². The van der Waals surface area contributed by atoms with Gasteiger partial charge < -0.3 is 10.2 Å². The first kappa shape index (κ1) is 16.1. The van der Waals surface area contributed by atoms with Crippen molar-refractivity contribution in [2.75, 3.05) is 19.6 Å². The molecule has 0 saturated carbocycles. The van der Waals surface area contributed by atoms with Crippen molar-refractivity contribution in [2.45, 2.75) is 33.1 Å². The molecule has 1 heterocycles. The molecule has 0 aliphatic carbocycles. The number of carbonyl (C=O) groups excluding carboxylic acids is 2. The number of amides is 2. The molecule has 0 radical (unpaired) electrons. The van der Waals surface area contributed by atoms with Crippen LogP contribution in [-0.4, -0.2) is 41.3 Å². The summed E-state index contributed by atoms with van der Waals surface area (Å²) in [5.41, 5.74) is 0.901. The van der Waals surface area contributed by atoms with Crippen LogP contribution in [0, 0.1) is 0 Å². The van der Waals surface area contributed by atoms with Crippen LogP contribution in [0.25, 0.3) is 0 Å². The molecule has 1 aromatic heterocycles. The Kier molecular flexibility index (Phi) is 7.32. The minimum absolute atomic E-state index is 0.424. The maximum absolute atomic E-state index is 11.9. The first-order valence-corrected chi connectivity index (χ1v) is 7.16. The van der Waals surface area contributed by atoms with Gasteiger partial charge in [0.2, 0.25) is 0 Å². The zero-order valence-corrected chi connectivity index (χ0v) is 12.3. The van der Waals surface area contributed by atoms with E-state index < -0.39 is 11.8 Å². The number of pyridine rings is 1. The lowest BCUT2D eigenvalue weighted by molar-refractivity contribution is -0.145. The van der Waals surface area contributed by atoms with Crippen LogP contribution in [0.4, 0.5) is 0 Å². The summed E-state index contributed by atoms with van der Waals surface area (Å²) >= 11 is 0. The van der Waals surface area contributed by atoms with Crippen molar-refractivity contribution >= 4 is 11.8 Å². The summed E-state index contributed by atoms with van der Waals surface area (Å²) < 4.78 is 0. The normalized spacial score (nSPS) is 10.1. The summed E-state index contributed by atoms with van der Waals surface area (Å²) in [6.07, 6.45) is 4.26. The van der Waals surface area contributed by atoms with Gasteiger partial charge in [0, 0.05) is 37.9 Å². The highest BCUT2D eigenvalue weighted by Gasteiger charge is 2.19.